The Labute approximate surface area is 117 Å². The van der Waals surface area contributed by atoms with Crippen molar-refractivity contribution < 1.29 is 0 Å². The topological polar surface area (TPSA) is 53.6 Å². The summed E-state index contributed by atoms with van der Waals surface area (Å²) < 4.78 is 0. The number of benzene rings is 1. The zero-order valence-electron chi connectivity index (χ0n) is 11.5. The fraction of sp³-hybridized carbons (Fsp3) is 0.125. The molecule has 0 fully saturated rings. The minimum absolute atomic E-state index is 0.748. The lowest BCUT2D eigenvalue weighted by atomic mass is 10.1. The van der Waals surface area contributed by atoms with E-state index in [4.69, 9.17) is 0 Å². The first-order chi connectivity index (χ1) is 9.76. The summed E-state index contributed by atoms with van der Waals surface area (Å²) in [5.41, 5.74) is 5.03. The Morgan fingerprint density at radius 2 is 1.95 bits per heavy atom. The number of nitrogens with zero attached hydrogens (tertiary/aromatic N) is 2. The molecule has 0 amide bonds. The van der Waals surface area contributed by atoms with Crippen molar-refractivity contribution in [2.24, 2.45) is 0 Å². The summed E-state index contributed by atoms with van der Waals surface area (Å²) in [6, 6.07) is 12.1. The van der Waals surface area contributed by atoms with Crippen molar-refractivity contribution >= 4 is 5.69 Å². The van der Waals surface area contributed by atoms with Crippen LogP contribution in [0.4, 0.5) is 5.69 Å². The second kappa shape index (κ2) is 5.17. The molecule has 0 bridgehead atoms. The Hall–Kier alpha value is -2.62. The van der Waals surface area contributed by atoms with Gasteiger partial charge in [-0.3, -0.25) is 0 Å². The highest BCUT2D eigenvalue weighted by molar-refractivity contribution is 5.66. The fourth-order valence-corrected chi connectivity index (χ4v) is 2.14. The lowest BCUT2D eigenvalue weighted by molar-refractivity contribution is 1.12. The number of nitrogens with one attached hydrogen (secondary N) is 2. The van der Waals surface area contributed by atoms with Gasteiger partial charge in [-0.25, -0.2) is 9.97 Å². The number of hydrogen-bond acceptors (Lipinski definition) is 3. The maximum atomic E-state index is 4.66. The average Bonchev–Trinajstić information content (AvgIpc) is 3.01. The van der Waals surface area contributed by atoms with E-state index in [1.807, 2.05) is 56.7 Å². The van der Waals surface area contributed by atoms with Gasteiger partial charge < -0.3 is 10.3 Å². The molecule has 100 valence electrons. The second-order valence-electron chi connectivity index (χ2n) is 4.65. The molecule has 3 rings (SSSR count). The Morgan fingerprint density at radius 3 is 2.70 bits per heavy atom. The molecule has 3 aromatic rings. The van der Waals surface area contributed by atoms with E-state index in [9.17, 15) is 0 Å². The molecule has 1 aromatic carbocycles. The van der Waals surface area contributed by atoms with Gasteiger partial charge in [-0.05, 0) is 31.2 Å². The third-order valence-electron chi connectivity index (χ3n) is 3.16. The molecule has 0 radical (unpaired) electrons. The maximum Gasteiger partial charge on any atom is 0.160 e. The van der Waals surface area contributed by atoms with Gasteiger partial charge in [0.1, 0.15) is 0 Å². The number of hydrogen-bond donors (Lipinski definition) is 2. The molecule has 0 saturated heterocycles. The van der Waals surface area contributed by atoms with Gasteiger partial charge >= 0.3 is 0 Å². The van der Waals surface area contributed by atoms with Gasteiger partial charge in [0.15, 0.2) is 5.82 Å². The first-order valence-electron chi connectivity index (χ1n) is 6.53. The Kier molecular flexibility index (Phi) is 3.21. The van der Waals surface area contributed by atoms with Crippen LogP contribution in [0.3, 0.4) is 0 Å². The number of rotatable bonds is 3. The molecule has 0 atom stereocenters. The van der Waals surface area contributed by atoms with Crippen LogP contribution in [0, 0.1) is 6.92 Å². The van der Waals surface area contributed by atoms with Crippen LogP contribution in [0.1, 0.15) is 5.69 Å². The summed E-state index contributed by atoms with van der Waals surface area (Å²) in [5.74, 6) is 0.748. The molecular weight excluding hydrogens is 248 g/mol. The third kappa shape index (κ3) is 2.40. The van der Waals surface area contributed by atoms with E-state index in [0.717, 1.165) is 34.0 Å². The average molecular weight is 264 g/mol. The van der Waals surface area contributed by atoms with Gasteiger partial charge in [-0.1, -0.05) is 12.1 Å². The smallest absolute Gasteiger partial charge is 0.160 e. The molecule has 0 unspecified atom stereocenters. The van der Waals surface area contributed by atoms with Gasteiger partial charge in [0, 0.05) is 41.9 Å². The number of aromatic amines is 1. The lowest BCUT2D eigenvalue weighted by Gasteiger charge is -2.07. The molecule has 0 aliphatic rings. The molecule has 2 aromatic heterocycles. The molecule has 2 heterocycles. The summed E-state index contributed by atoms with van der Waals surface area (Å²) in [4.78, 5) is 12.3. The highest BCUT2D eigenvalue weighted by Crippen LogP contribution is 2.23. The monoisotopic (exact) mass is 264 g/mol. The number of anilines is 1. The van der Waals surface area contributed by atoms with E-state index in [-0.39, 0.29) is 0 Å². The summed E-state index contributed by atoms with van der Waals surface area (Å²) in [6.45, 7) is 1.99. The van der Waals surface area contributed by atoms with Crippen LogP contribution in [0.15, 0.2) is 48.8 Å². The van der Waals surface area contributed by atoms with Gasteiger partial charge in [0.25, 0.3) is 0 Å². The van der Waals surface area contributed by atoms with Crippen molar-refractivity contribution in [3.8, 4) is 22.6 Å². The molecule has 0 saturated carbocycles. The second-order valence-corrected chi connectivity index (χ2v) is 4.65. The van der Waals surface area contributed by atoms with Crippen LogP contribution in [0.2, 0.25) is 0 Å². The van der Waals surface area contributed by atoms with Crippen LogP contribution in [0.25, 0.3) is 22.6 Å². The standard InChI is InChI=1S/C16H16N4/c1-11-8-15(13-6-7-18-10-13)20-16(19-11)12-4-3-5-14(9-12)17-2/h3-10,17-18H,1-2H3. The Bertz CT molecular complexity index is 717. The summed E-state index contributed by atoms with van der Waals surface area (Å²) in [5, 5.41) is 3.13. The van der Waals surface area contributed by atoms with Gasteiger partial charge in [-0.15, -0.1) is 0 Å². The number of H-pyrrole nitrogens is 1. The van der Waals surface area contributed by atoms with Crippen LogP contribution < -0.4 is 5.32 Å². The molecule has 0 aliphatic heterocycles. The molecule has 20 heavy (non-hydrogen) atoms. The van der Waals surface area contributed by atoms with Crippen molar-refractivity contribution in [1.82, 2.24) is 15.0 Å². The maximum absolute atomic E-state index is 4.66. The highest BCUT2D eigenvalue weighted by atomic mass is 14.9. The van der Waals surface area contributed by atoms with Crippen molar-refractivity contribution in [2.45, 2.75) is 6.92 Å². The predicted molar refractivity (Wildman–Crippen MR) is 81.5 cm³/mol. The molecular formula is C16H16N4. The van der Waals surface area contributed by atoms with Crippen molar-refractivity contribution in [3.05, 3.63) is 54.5 Å². The largest absolute Gasteiger partial charge is 0.388 e. The highest BCUT2D eigenvalue weighted by Gasteiger charge is 2.07. The summed E-state index contributed by atoms with van der Waals surface area (Å²) >= 11 is 0. The molecule has 0 spiro atoms. The van der Waals surface area contributed by atoms with E-state index in [1.54, 1.807) is 0 Å². The lowest BCUT2D eigenvalue weighted by Crippen LogP contribution is -1.95. The third-order valence-corrected chi connectivity index (χ3v) is 3.16. The Morgan fingerprint density at radius 1 is 1.05 bits per heavy atom. The zero-order chi connectivity index (χ0) is 13.9. The molecule has 2 N–H and O–H groups in total. The van der Waals surface area contributed by atoms with Crippen molar-refractivity contribution in [3.63, 3.8) is 0 Å². The molecule has 4 nitrogen and oxygen atoms in total. The zero-order valence-corrected chi connectivity index (χ0v) is 11.5. The van der Waals surface area contributed by atoms with Gasteiger partial charge in [-0.2, -0.15) is 0 Å². The van der Waals surface area contributed by atoms with E-state index in [1.165, 1.54) is 0 Å². The van der Waals surface area contributed by atoms with Crippen molar-refractivity contribution in [1.29, 1.82) is 0 Å². The summed E-state index contributed by atoms with van der Waals surface area (Å²) in [7, 11) is 1.90. The Balaban J connectivity index is 2.09. The van der Waals surface area contributed by atoms with Crippen LogP contribution >= 0.6 is 0 Å². The van der Waals surface area contributed by atoms with E-state index in [0.29, 0.717) is 0 Å². The van der Waals surface area contributed by atoms with Gasteiger partial charge in [0.05, 0.1) is 5.69 Å². The minimum atomic E-state index is 0.748. The van der Waals surface area contributed by atoms with Crippen LogP contribution in [0.5, 0.6) is 0 Å². The van der Waals surface area contributed by atoms with E-state index >= 15 is 0 Å². The predicted octanol–water partition coefficient (Wildman–Crippen LogP) is 3.49. The summed E-state index contributed by atoms with van der Waals surface area (Å²) in [6.07, 6.45) is 3.84. The number of aryl methyl sites for hydroxylation is 1. The molecule has 4 heteroatoms. The first kappa shape index (κ1) is 12.4. The molecule has 0 aliphatic carbocycles. The SMILES string of the molecule is CNc1cccc(-c2nc(C)cc(-c3cc[nH]c3)n2)c1. The van der Waals surface area contributed by atoms with Crippen LogP contribution in [-0.4, -0.2) is 22.0 Å². The first-order valence-corrected chi connectivity index (χ1v) is 6.53. The van der Waals surface area contributed by atoms with E-state index in [2.05, 4.69) is 26.3 Å². The quantitative estimate of drug-likeness (QED) is 0.761. The van der Waals surface area contributed by atoms with E-state index < -0.39 is 0 Å². The normalized spacial score (nSPS) is 10.5. The van der Waals surface area contributed by atoms with Crippen molar-refractivity contribution in [2.75, 3.05) is 12.4 Å². The van der Waals surface area contributed by atoms with Gasteiger partial charge in [0.2, 0.25) is 0 Å². The van der Waals surface area contributed by atoms with Crippen LogP contribution in [-0.2, 0) is 0 Å². The fourth-order valence-electron chi connectivity index (χ4n) is 2.14. The number of aromatic nitrogens is 3. The minimum Gasteiger partial charge on any atom is -0.388 e.